The Morgan fingerprint density at radius 3 is 2.85 bits per heavy atom. The van der Waals surface area contributed by atoms with Gasteiger partial charge in [0, 0.05) is 6.07 Å². The van der Waals surface area contributed by atoms with E-state index in [1.54, 1.807) is 0 Å². The summed E-state index contributed by atoms with van der Waals surface area (Å²) in [6.45, 7) is 1.90. The van der Waals surface area contributed by atoms with Gasteiger partial charge < -0.3 is 15.4 Å². The molecule has 0 aliphatic carbocycles. The number of hydrogen-bond donors (Lipinski definition) is 3. The largest absolute Gasteiger partial charge is 0.506 e. The average molecular weight is 385 g/mol. The minimum Gasteiger partial charge on any atom is -0.506 e. The fourth-order valence-electron chi connectivity index (χ4n) is 2.50. The van der Waals surface area contributed by atoms with Gasteiger partial charge in [-0.2, -0.15) is 5.26 Å². The summed E-state index contributed by atoms with van der Waals surface area (Å²) in [5.74, 6) is -0.200. The maximum atomic E-state index is 12.2. The molecular formula is C18H15N3O3S2. The second kappa shape index (κ2) is 7.64. The summed E-state index contributed by atoms with van der Waals surface area (Å²) >= 11 is 2.39. The Hall–Kier alpha value is -2.76. The summed E-state index contributed by atoms with van der Waals surface area (Å²) in [5, 5.41) is 22.2. The van der Waals surface area contributed by atoms with Gasteiger partial charge in [-0.05, 0) is 12.5 Å². The van der Waals surface area contributed by atoms with E-state index in [0.717, 1.165) is 11.6 Å². The fourth-order valence-corrected chi connectivity index (χ4v) is 4.66. The third kappa shape index (κ3) is 3.74. The zero-order valence-electron chi connectivity index (χ0n) is 13.8. The Kier molecular flexibility index (Phi) is 5.30. The monoisotopic (exact) mass is 385 g/mol. The van der Waals surface area contributed by atoms with Crippen LogP contribution in [0.1, 0.15) is 24.1 Å². The van der Waals surface area contributed by atoms with E-state index in [1.807, 2.05) is 43.3 Å². The van der Waals surface area contributed by atoms with E-state index in [0.29, 0.717) is 14.4 Å². The normalized spacial score (nSPS) is 11.8. The van der Waals surface area contributed by atoms with Crippen LogP contribution in [-0.2, 0) is 4.79 Å². The number of benzene rings is 1. The molecule has 0 aliphatic heterocycles. The zero-order chi connectivity index (χ0) is 18.7. The van der Waals surface area contributed by atoms with Crippen LogP contribution in [0.15, 0.2) is 45.4 Å². The van der Waals surface area contributed by atoms with Gasteiger partial charge in [0.1, 0.15) is 17.4 Å². The Bertz CT molecular complexity index is 1050. The molecule has 8 heteroatoms. The number of nitrogens with one attached hydrogen (secondary N) is 2. The van der Waals surface area contributed by atoms with E-state index in [2.05, 4.69) is 10.3 Å². The number of nitrogens with zero attached hydrogens (tertiary/aromatic N) is 1. The molecule has 0 fully saturated rings. The smallest absolute Gasteiger partial charge is 0.252 e. The molecule has 0 aliphatic rings. The van der Waals surface area contributed by atoms with Gasteiger partial charge in [0.25, 0.3) is 5.56 Å². The highest BCUT2D eigenvalue weighted by Gasteiger charge is 2.18. The number of aromatic amines is 1. The first-order chi connectivity index (χ1) is 12.5. The lowest BCUT2D eigenvalue weighted by atomic mass is 10.1. The van der Waals surface area contributed by atoms with Crippen molar-refractivity contribution in [3.8, 4) is 11.8 Å². The van der Waals surface area contributed by atoms with Crippen molar-refractivity contribution in [2.24, 2.45) is 0 Å². The van der Waals surface area contributed by atoms with Crippen molar-refractivity contribution in [1.82, 2.24) is 10.3 Å². The lowest BCUT2D eigenvalue weighted by Crippen LogP contribution is -2.28. The predicted octanol–water partition coefficient (Wildman–Crippen LogP) is 3.14. The molecule has 1 atom stereocenters. The summed E-state index contributed by atoms with van der Waals surface area (Å²) in [6.07, 6.45) is 0. The Balaban J connectivity index is 1.73. The number of pyridine rings is 1. The molecule has 3 rings (SSSR count). The standard InChI is InChI=1S/C18H15N3O3S2/c1-10(11-5-3-2-4-6-11)20-15(24)9-25-18-12(8-19)16-17(26-18)13(22)7-14(23)21-16/h2-7,10H,9H2,1H3,(H,20,24)(H2,21,22,23). The first-order valence-corrected chi connectivity index (χ1v) is 9.55. The summed E-state index contributed by atoms with van der Waals surface area (Å²) in [5.41, 5.74) is 1.11. The average Bonchev–Trinajstić information content (AvgIpc) is 2.98. The molecule has 1 unspecified atom stereocenters. The first kappa shape index (κ1) is 18.0. The SMILES string of the molecule is CC(NC(=O)CSc1sc2c(O)cc(=O)[nH]c2c1C#N)c1ccccc1. The van der Waals surface area contributed by atoms with Crippen molar-refractivity contribution >= 4 is 39.2 Å². The molecule has 0 saturated heterocycles. The predicted molar refractivity (Wildman–Crippen MR) is 103 cm³/mol. The van der Waals surface area contributed by atoms with E-state index in [4.69, 9.17) is 0 Å². The molecule has 1 aromatic carbocycles. The van der Waals surface area contributed by atoms with Crippen LogP contribution in [0.4, 0.5) is 0 Å². The van der Waals surface area contributed by atoms with Gasteiger partial charge in [0.05, 0.1) is 26.2 Å². The van der Waals surface area contributed by atoms with Crippen molar-refractivity contribution in [1.29, 1.82) is 5.26 Å². The van der Waals surface area contributed by atoms with Crippen molar-refractivity contribution < 1.29 is 9.90 Å². The van der Waals surface area contributed by atoms with E-state index in [-0.39, 0.29) is 29.0 Å². The van der Waals surface area contributed by atoms with Gasteiger partial charge in [0.2, 0.25) is 5.91 Å². The number of rotatable bonds is 5. The molecule has 2 aromatic heterocycles. The second-order valence-corrected chi connectivity index (χ2v) is 7.85. The molecule has 0 saturated carbocycles. The number of thioether (sulfide) groups is 1. The molecule has 1 amide bonds. The lowest BCUT2D eigenvalue weighted by Gasteiger charge is -2.13. The third-order valence-electron chi connectivity index (χ3n) is 3.75. The highest BCUT2D eigenvalue weighted by molar-refractivity contribution is 8.02. The number of aromatic hydroxyl groups is 1. The Morgan fingerprint density at radius 2 is 2.15 bits per heavy atom. The number of aromatic nitrogens is 1. The number of hydrogen-bond acceptors (Lipinski definition) is 6. The van der Waals surface area contributed by atoms with Crippen LogP contribution >= 0.6 is 23.1 Å². The number of carbonyl (C=O) groups excluding carboxylic acids is 1. The topological polar surface area (TPSA) is 106 Å². The number of carbonyl (C=O) groups is 1. The van der Waals surface area contributed by atoms with Crippen LogP contribution in [0.5, 0.6) is 5.75 Å². The van der Waals surface area contributed by atoms with Crippen LogP contribution < -0.4 is 10.9 Å². The number of amides is 1. The van der Waals surface area contributed by atoms with Gasteiger partial charge >= 0.3 is 0 Å². The molecule has 26 heavy (non-hydrogen) atoms. The summed E-state index contributed by atoms with van der Waals surface area (Å²) in [6, 6.07) is 12.6. The second-order valence-electron chi connectivity index (χ2n) is 5.59. The van der Waals surface area contributed by atoms with Crippen LogP contribution in [-0.4, -0.2) is 21.8 Å². The summed E-state index contributed by atoms with van der Waals surface area (Å²) in [7, 11) is 0. The first-order valence-electron chi connectivity index (χ1n) is 7.75. The minimum absolute atomic E-state index is 0.123. The maximum Gasteiger partial charge on any atom is 0.252 e. The number of thiophene rings is 1. The van der Waals surface area contributed by atoms with E-state index in [1.165, 1.54) is 23.1 Å². The lowest BCUT2D eigenvalue weighted by molar-refractivity contribution is -0.119. The zero-order valence-corrected chi connectivity index (χ0v) is 15.4. The maximum absolute atomic E-state index is 12.2. The Morgan fingerprint density at radius 1 is 1.42 bits per heavy atom. The molecule has 0 radical (unpaired) electrons. The van der Waals surface area contributed by atoms with Crippen molar-refractivity contribution in [2.75, 3.05) is 5.75 Å². The molecule has 2 heterocycles. The molecule has 132 valence electrons. The fraction of sp³-hybridized carbons (Fsp3) is 0.167. The van der Waals surface area contributed by atoms with Gasteiger partial charge in [0.15, 0.2) is 0 Å². The van der Waals surface area contributed by atoms with Gasteiger partial charge in [-0.3, -0.25) is 9.59 Å². The van der Waals surface area contributed by atoms with Crippen molar-refractivity contribution in [2.45, 2.75) is 17.2 Å². The van der Waals surface area contributed by atoms with Gasteiger partial charge in [-0.15, -0.1) is 23.1 Å². The van der Waals surface area contributed by atoms with Crippen LogP contribution in [0.2, 0.25) is 0 Å². The van der Waals surface area contributed by atoms with Crippen molar-refractivity contribution in [3.05, 3.63) is 57.9 Å². The van der Waals surface area contributed by atoms with Crippen molar-refractivity contribution in [3.63, 3.8) is 0 Å². The highest BCUT2D eigenvalue weighted by atomic mass is 32.2. The van der Waals surface area contributed by atoms with Crippen LogP contribution in [0.25, 0.3) is 10.2 Å². The number of fused-ring (bicyclic) bond motifs is 1. The van der Waals surface area contributed by atoms with Crippen LogP contribution in [0.3, 0.4) is 0 Å². The molecule has 3 aromatic rings. The molecule has 0 spiro atoms. The third-order valence-corrected chi connectivity index (χ3v) is 6.23. The summed E-state index contributed by atoms with van der Waals surface area (Å²) < 4.78 is 1.02. The highest BCUT2D eigenvalue weighted by Crippen LogP contribution is 2.39. The van der Waals surface area contributed by atoms with Crippen LogP contribution in [0, 0.1) is 11.3 Å². The molecular weight excluding hydrogens is 370 g/mol. The van der Waals surface area contributed by atoms with Gasteiger partial charge in [-0.1, -0.05) is 30.3 Å². The quantitative estimate of drug-likeness (QED) is 0.585. The molecule has 3 N–H and O–H groups in total. The minimum atomic E-state index is -0.477. The molecule has 6 nitrogen and oxygen atoms in total. The van der Waals surface area contributed by atoms with E-state index in [9.17, 15) is 20.0 Å². The Labute approximate surface area is 157 Å². The summed E-state index contributed by atoms with van der Waals surface area (Å²) in [4.78, 5) is 26.3. The van der Waals surface area contributed by atoms with E-state index < -0.39 is 5.56 Å². The van der Waals surface area contributed by atoms with Gasteiger partial charge in [-0.25, -0.2) is 0 Å². The van der Waals surface area contributed by atoms with E-state index >= 15 is 0 Å². The molecule has 0 bridgehead atoms. The number of nitriles is 1. The number of H-pyrrole nitrogens is 1.